The van der Waals surface area contributed by atoms with Gasteiger partial charge in [0, 0.05) is 6.54 Å². The fraction of sp³-hybridized carbons (Fsp3) is 0.538. The molecule has 1 atom stereocenters. The molecule has 1 aromatic carbocycles. The highest BCUT2D eigenvalue weighted by molar-refractivity contribution is 7.89. The zero-order valence-electron chi connectivity index (χ0n) is 11.3. The second-order valence-electron chi connectivity index (χ2n) is 5.10. The first kappa shape index (κ1) is 17.0. The first-order chi connectivity index (χ1) is 9.90. The lowest BCUT2D eigenvalue weighted by molar-refractivity contribution is 0.358. The molecule has 0 saturated carbocycles. The van der Waals surface area contributed by atoms with Gasteiger partial charge in [0.2, 0.25) is 10.0 Å². The summed E-state index contributed by atoms with van der Waals surface area (Å²) in [7, 11) is -3.84. The van der Waals surface area contributed by atoms with Gasteiger partial charge >= 0.3 is 0 Å². The number of hydrogen-bond donors (Lipinski definition) is 2. The van der Waals surface area contributed by atoms with E-state index in [2.05, 4.69) is 10.0 Å². The smallest absolute Gasteiger partial charge is 0.243 e. The molecular formula is C13H17Cl2FN2O2S. The van der Waals surface area contributed by atoms with E-state index in [-0.39, 0.29) is 14.9 Å². The van der Waals surface area contributed by atoms with Crippen molar-refractivity contribution in [3.63, 3.8) is 0 Å². The minimum atomic E-state index is -3.84. The summed E-state index contributed by atoms with van der Waals surface area (Å²) in [5.41, 5.74) is 0. The minimum absolute atomic E-state index is 0.216. The minimum Gasteiger partial charge on any atom is -0.316 e. The average molecular weight is 355 g/mol. The predicted molar refractivity (Wildman–Crippen MR) is 81.8 cm³/mol. The molecule has 1 aliphatic heterocycles. The second kappa shape index (κ2) is 7.24. The van der Waals surface area contributed by atoms with Crippen molar-refractivity contribution in [3.8, 4) is 0 Å². The summed E-state index contributed by atoms with van der Waals surface area (Å²) in [5.74, 6) is -0.210. The molecule has 2 rings (SSSR count). The fourth-order valence-electron chi connectivity index (χ4n) is 2.43. The highest BCUT2D eigenvalue weighted by Crippen LogP contribution is 2.30. The summed E-state index contributed by atoms with van der Waals surface area (Å²) < 4.78 is 40.0. The first-order valence-corrected chi connectivity index (χ1v) is 8.99. The molecule has 0 aromatic heterocycles. The second-order valence-corrected chi connectivity index (χ2v) is 7.62. The summed E-state index contributed by atoms with van der Waals surface area (Å²) in [4.78, 5) is -0.269. The number of nitrogens with one attached hydrogen (secondary N) is 2. The standard InChI is InChI=1S/C13H17Cl2FN2O2S/c14-11-6-10(16)7-12(15)13(11)21(19,20)18-5-3-9-2-1-4-17-8-9/h6-7,9,17-18H,1-5,8H2. The SMILES string of the molecule is O=S(=O)(NCCC1CCCNC1)c1c(Cl)cc(F)cc1Cl. The van der Waals surface area contributed by atoms with Gasteiger partial charge in [0.05, 0.1) is 10.0 Å². The number of rotatable bonds is 5. The maximum absolute atomic E-state index is 13.1. The van der Waals surface area contributed by atoms with Gasteiger partial charge in [-0.1, -0.05) is 23.2 Å². The molecule has 0 radical (unpaired) electrons. The van der Waals surface area contributed by atoms with Gasteiger partial charge in [-0.25, -0.2) is 17.5 Å². The predicted octanol–water partition coefficient (Wildman–Crippen LogP) is 2.80. The van der Waals surface area contributed by atoms with Gasteiger partial charge in [-0.05, 0) is 50.4 Å². The fourth-order valence-corrected chi connectivity index (χ4v) is 4.66. The Hall–Kier alpha value is -0.400. The van der Waals surface area contributed by atoms with Crippen LogP contribution in [-0.4, -0.2) is 28.1 Å². The van der Waals surface area contributed by atoms with Crippen LogP contribution in [0.25, 0.3) is 0 Å². The number of halogens is 3. The molecule has 1 aromatic rings. The van der Waals surface area contributed by atoms with Crippen LogP contribution in [0.5, 0.6) is 0 Å². The molecule has 0 amide bonds. The maximum atomic E-state index is 13.1. The van der Waals surface area contributed by atoms with Crippen LogP contribution in [-0.2, 0) is 10.0 Å². The van der Waals surface area contributed by atoms with E-state index >= 15 is 0 Å². The number of hydrogen-bond acceptors (Lipinski definition) is 3. The van der Waals surface area contributed by atoms with Crippen molar-refractivity contribution in [1.82, 2.24) is 10.0 Å². The maximum Gasteiger partial charge on any atom is 0.243 e. The van der Waals surface area contributed by atoms with Crippen LogP contribution in [0.3, 0.4) is 0 Å². The van der Waals surface area contributed by atoms with Gasteiger partial charge in [0.15, 0.2) is 0 Å². The lowest BCUT2D eigenvalue weighted by Gasteiger charge is -2.22. The number of piperidine rings is 1. The van der Waals surface area contributed by atoms with Crippen LogP contribution in [0.15, 0.2) is 17.0 Å². The van der Waals surface area contributed by atoms with Crippen LogP contribution >= 0.6 is 23.2 Å². The van der Waals surface area contributed by atoms with Crippen LogP contribution in [0.4, 0.5) is 4.39 Å². The van der Waals surface area contributed by atoms with Crippen molar-refractivity contribution in [3.05, 3.63) is 28.0 Å². The summed E-state index contributed by atoms with van der Waals surface area (Å²) in [6.07, 6.45) is 2.93. The lowest BCUT2D eigenvalue weighted by atomic mass is 9.96. The Kier molecular flexibility index (Phi) is 5.85. The molecule has 4 nitrogen and oxygen atoms in total. The number of sulfonamides is 1. The Morgan fingerprint density at radius 2 is 2.00 bits per heavy atom. The molecule has 1 fully saturated rings. The summed E-state index contributed by atoms with van der Waals surface area (Å²) >= 11 is 11.6. The number of benzene rings is 1. The Labute approximate surface area is 134 Å². The van der Waals surface area contributed by atoms with E-state index in [0.29, 0.717) is 12.5 Å². The van der Waals surface area contributed by atoms with E-state index in [1.165, 1.54) is 0 Å². The molecule has 0 spiro atoms. The topological polar surface area (TPSA) is 58.2 Å². The molecule has 1 saturated heterocycles. The van der Waals surface area contributed by atoms with Crippen molar-refractivity contribution in [2.75, 3.05) is 19.6 Å². The average Bonchev–Trinajstić information content (AvgIpc) is 2.38. The van der Waals surface area contributed by atoms with Crippen molar-refractivity contribution in [2.45, 2.75) is 24.2 Å². The highest BCUT2D eigenvalue weighted by Gasteiger charge is 2.23. The largest absolute Gasteiger partial charge is 0.316 e. The molecular weight excluding hydrogens is 338 g/mol. The molecule has 21 heavy (non-hydrogen) atoms. The van der Waals surface area contributed by atoms with E-state index in [1.54, 1.807) is 0 Å². The van der Waals surface area contributed by atoms with E-state index in [4.69, 9.17) is 23.2 Å². The van der Waals surface area contributed by atoms with Crippen LogP contribution in [0.2, 0.25) is 10.0 Å². The summed E-state index contributed by atoms with van der Waals surface area (Å²) in [6, 6.07) is 1.88. The quantitative estimate of drug-likeness (QED) is 0.854. The van der Waals surface area contributed by atoms with Gasteiger partial charge in [0.1, 0.15) is 10.7 Å². The van der Waals surface area contributed by atoms with Gasteiger partial charge < -0.3 is 5.32 Å². The van der Waals surface area contributed by atoms with Crippen molar-refractivity contribution >= 4 is 33.2 Å². The van der Waals surface area contributed by atoms with Gasteiger partial charge in [0.25, 0.3) is 0 Å². The monoisotopic (exact) mass is 354 g/mol. The highest BCUT2D eigenvalue weighted by atomic mass is 35.5. The van der Waals surface area contributed by atoms with Crippen molar-refractivity contribution < 1.29 is 12.8 Å². The lowest BCUT2D eigenvalue weighted by Crippen LogP contribution is -2.33. The van der Waals surface area contributed by atoms with Crippen LogP contribution < -0.4 is 10.0 Å². The summed E-state index contributed by atoms with van der Waals surface area (Å²) in [6.45, 7) is 2.22. The zero-order valence-corrected chi connectivity index (χ0v) is 13.7. The van der Waals surface area contributed by atoms with Gasteiger partial charge in [-0.3, -0.25) is 0 Å². The molecule has 0 bridgehead atoms. The third-order valence-corrected chi connectivity index (χ3v) is 5.86. The van der Waals surface area contributed by atoms with Gasteiger partial charge in [-0.2, -0.15) is 0 Å². The Bertz CT molecular complexity index is 581. The molecule has 1 unspecified atom stereocenters. The van der Waals surface area contributed by atoms with Crippen LogP contribution in [0.1, 0.15) is 19.3 Å². The summed E-state index contributed by atoms with van der Waals surface area (Å²) in [5, 5.41) is 2.85. The Morgan fingerprint density at radius 1 is 1.33 bits per heavy atom. The van der Waals surface area contributed by atoms with E-state index < -0.39 is 15.8 Å². The van der Waals surface area contributed by atoms with Crippen molar-refractivity contribution in [1.29, 1.82) is 0 Å². The van der Waals surface area contributed by atoms with E-state index in [9.17, 15) is 12.8 Å². The Morgan fingerprint density at radius 3 is 2.57 bits per heavy atom. The van der Waals surface area contributed by atoms with E-state index in [0.717, 1.165) is 44.5 Å². The van der Waals surface area contributed by atoms with Crippen molar-refractivity contribution in [2.24, 2.45) is 5.92 Å². The molecule has 0 aliphatic carbocycles. The first-order valence-electron chi connectivity index (χ1n) is 6.75. The third kappa shape index (κ3) is 4.53. The molecule has 2 N–H and O–H groups in total. The molecule has 8 heteroatoms. The molecule has 1 aliphatic rings. The molecule has 118 valence electrons. The molecule has 1 heterocycles. The van der Waals surface area contributed by atoms with Gasteiger partial charge in [-0.15, -0.1) is 0 Å². The van der Waals surface area contributed by atoms with Crippen LogP contribution in [0, 0.1) is 11.7 Å². The zero-order chi connectivity index (χ0) is 15.5. The third-order valence-electron chi connectivity index (χ3n) is 3.48. The Balaban J connectivity index is 2.01. The van der Waals surface area contributed by atoms with E-state index in [1.807, 2.05) is 0 Å². The normalized spacial score (nSPS) is 19.7.